The van der Waals surface area contributed by atoms with Gasteiger partial charge in [0.25, 0.3) is 5.91 Å². The second-order valence-corrected chi connectivity index (χ2v) is 10.7. The molecule has 2 aromatic heterocycles. The molecule has 0 radical (unpaired) electrons. The first kappa shape index (κ1) is 20.4. The van der Waals surface area contributed by atoms with Gasteiger partial charge in [0.05, 0.1) is 33.8 Å². The fraction of sp³-hybridized carbons (Fsp3) is 0.208. The van der Waals surface area contributed by atoms with E-state index in [0.717, 1.165) is 11.1 Å². The van der Waals surface area contributed by atoms with Crippen LogP contribution < -0.4 is 4.90 Å². The van der Waals surface area contributed by atoms with Crippen molar-refractivity contribution in [3.63, 3.8) is 0 Å². The average Bonchev–Trinajstić information content (AvgIpc) is 3.32. The SMILES string of the molecule is CC1c2ccccc2C(=O)N1c1c[nH]c2ncc(-c3ccc(S(=O)(=O)C(C)C)cc3)nc12. The highest BCUT2D eigenvalue weighted by molar-refractivity contribution is 7.92. The van der Waals surface area contributed by atoms with Gasteiger partial charge in [-0.3, -0.25) is 9.69 Å². The smallest absolute Gasteiger partial charge is 0.259 e. The molecule has 8 heteroatoms. The van der Waals surface area contributed by atoms with Crippen molar-refractivity contribution in [3.05, 3.63) is 72.1 Å². The number of fused-ring (bicyclic) bond motifs is 2. The molecule has 7 nitrogen and oxygen atoms in total. The molecule has 162 valence electrons. The van der Waals surface area contributed by atoms with Crippen molar-refractivity contribution < 1.29 is 13.2 Å². The van der Waals surface area contributed by atoms with Crippen molar-refractivity contribution in [2.24, 2.45) is 0 Å². The lowest BCUT2D eigenvalue weighted by molar-refractivity contribution is 0.0992. The molecule has 32 heavy (non-hydrogen) atoms. The molecule has 0 fully saturated rings. The summed E-state index contributed by atoms with van der Waals surface area (Å²) >= 11 is 0. The van der Waals surface area contributed by atoms with E-state index in [1.54, 1.807) is 55.4 Å². The average molecular weight is 447 g/mol. The summed E-state index contributed by atoms with van der Waals surface area (Å²) in [7, 11) is -3.34. The van der Waals surface area contributed by atoms with Crippen molar-refractivity contribution in [2.45, 2.75) is 37.0 Å². The molecule has 0 aliphatic carbocycles. The van der Waals surface area contributed by atoms with Gasteiger partial charge >= 0.3 is 0 Å². The standard InChI is InChI=1S/C24H22N4O3S/c1-14(2)32(30,31)17-10-8-16(9-11-17)20-12-25-23-22(27-20)21(13-26-23)28-15(3)18-6-4-5-7-19(18)24(28)29/h4-15H,1-3H3,(H,25,26). The maximum atomic E-state index is 13.1. The van der Waals surface area contributed by atoms with Crippen LogP contribution in [0.5, 0.6) is 0 Å². The van der Waals surface area contributed by atoms with Gasteiger partial charge in [0, 0.05) is 17.3 Å². The molecule has 3 heterocycles. The third-order valence-electron chi connectivity index (χ3n) is 5.97. The van der Waals surface area contributed by atoms with E-state index in [1.165, 1.54) is 0 Å². The molecule has 1 aliphatic heterocycles. The van der Waals surface area contributed by atoms with Crippen LogP contribution in [0.4, 0.5) is 5.69 Å². The van der Waals surface area contributed by atoms with Gasteiger partial charge in [-0.05, 0) is 44.5 Å². The highest BCUT2D eigenvalue weighted by Crippen LogP contribution is 2.39. The van der Waals surface area contributed by atoms with Gasteiger partial charge in [-0.15, -0.1) is 0 Å². The zero-order chi connectivity index (χ0) is 22.6. The van der Waals surface area contributed by atoms with Crippen molar-refractivity contribution in [2.75, 3.05) is 4.90 Å². The van der Waals surface area contributed by atoms with Gasteiger partial charge in [0.1, 0.15) is 5.52 Å². The lowest BCUT2D eigenvalue weighted by Crippen LogP contribution is -2.26. The highest BCUT2D eigenvalue weighted by Gasteiger charge is 2.36. The second-order valence-electron chi connectivity index (χ2n) is 8.18. The van der Waals surface area contributed by atoms with E-state index in [9.17, 15) is 13.2 Å². The van der Waals surface area contributed by atoms with Crippen LogP contribution in [0.1, 0.15) is 42.7 Å². The molecular weight excluding hydrogens is 424 g/mol. The molecule has 0 bridgehead atoms. The molecule has 1 atom stereocenters. The first-order valence-electron chi connectivity index (χ1n) is 10.4. The number of aromatic amines is 1. The topological polar surface area (TPSA) is 96.0 Å². The molecular formula is C24H22N4O3S. The van der Waals surface area contributed by atoms with E-state index < -0.39 is 15.1 Å². The van der Waals surface area contributed by atoms with E-state index in [2.05, 4.69) is 9.97 Å². The van der Waals surface area contributed by atoms with Crippen LogP contribution >= 0.6 is 0 Å². The first-order valence-corrected chi connectivity index (χ1v) is 11.9. The number of nitrogens with zero attached hydrogens (tertiary/aromatic N) is 3. The minimum absolute atomic E-state index is 0.0653. The minimum atomic E-state index is -3.34. The van der Waals surface area contributed by atoms with Crippen LogP contribution in [0.25, 0.3) is 22.4 Å². The number of sulfone groups is 1. The van der Waals surface area contributed by atoms with Gasteiger partial charge < -0.3 is 4.98 Å². The highest BCUT2D eigenvalue weighted by atomic mass is 32.2. The fourth-order valence-electron chi connectivity index (χ4n) is 4.11. The van der Waals surface area contributed by atoms with Crippen molar-refractivity contribution in [1.82, 2.24) is 15.0 Å². The predicted molar refractivity (Wildman–Crippen MR) is 123 cm³/mol. The number of anilines is 1. The number of amides is 1. The maximum Gasteiger partial charge on any atom is 0.259 e. The van der Waals surface area contributed by atoms with Crippen LogP contribution in [0.3, 0.4) is 0 Å². The predicted octanol–water partition coefficient (Wildman–Crippen LogP) is 4.53. The molecule has 1 N–H and O–H groups in total. The number of hydrogen-bond acceptors (Lipinski definition) is 5. The van der Waals surface area contributed by atoms with Crippen molar-refractivity contribution in [1.29, 1.82) is 0 Å². The summed E-state index contributed by atoms with van der Waals surface area (Å²) in [6, 6.07) is 14.1. The molecule has 1 aliphatic rings. The summed E-state index contributed by atoms with van der Waals surface area (Å²) in [5, 5.41) is -0.490. The van der Waals surface area contributed by atoms with Crippen LogP contribution in [0.2, 0.25) is 0 Å². The summed E-state index contributed by atoms with van der Waals surface area (Å²) in [5.74, 6) is -0.0653. The minimum Gasteiger partial charge on any atom is -0.343 e. The van der Waals surface area contributed by atoms with Gasteiger partial charge in [-0.2, -0.15) is 0 Å². The lowest BCUT2D eigenvalue weighted by atomic mass is 10.1. The van der Waals surface area contributed by atoms with Gasteiger partial charge in [-0.1, -0.05) is 30.3 Å². The van der Waals surface area contributed by atoms with Crippen LogP contribution in [0, 0.1) is 0 Å². The second kappa shape index (κ2) is 7.27. The summed E-state index contributed by atoms with van der Waals surface area (Å²) in [6.07, 6.45) is 3.39. The quantitative estimate of drug-likeness (QED) is 0.497. The Hall–Kier alpha value is -3.52. The summed E-state index contributed by atoms with van der Waals surface area (Å²) < 4.78 is 24.8. The summed E-state index contributed by atoms with van der Waals surface area (Å²) in [6.45, 7) is 5.32. The molecule has 2 aromatic carbocycles. The van der Waals surface area contributed by atoms with E-state index in [-0.39, 0.29) is 16.8 Å². The molecule has 0 saturated carbocycles. The van der Waals surface area contributed by atoms with E-state index >= 15 is 0 Å². The summed E-state index contributed by atoms with van der Waals surface area (Å²) in [4.78, 5) is 27.5. The third kappa shape index (κ3) is 3.02. The Morgan fingerprint density at radius 1 is 1.06 bits per heavy atom. The molecule has 0 spiro atoms. The Labute approximate surface area is 186 Å². The number of carbonyl (C=O) groups is 1. The van der Waals surface area contributed by atoms with Crippen LogP contribution in [0.15, 0.2) is 65.8 Å². The van der Waals surface area contributed by atoms with Crippen LogP contribution in [-0.4, -0.2) is 34.5 Å². The van der Waals surface area contributed by atoms with E-state index in [1.807, 2.05) is 31.2 Å². The molecule has 1 unspecified atom stereocenters. The molecule has 1 amide bonds. The Morgan fingerprint density at radius 2 is 1.78 bits per heavy atom. The number of benzene rings is 2. The fourth-order valence-corrected chi connectivity index (χ4v) is 5.17. The summed E-state index contributed by atoms with van der Waals surface area (Å²) in [5.41, 5.74) is 4.87. The van der Waals surface area contributed by atoms with Gasteiger partial charge in [0.2, 0.25) is 0 Å². The number of nitrogens with one attached hydrogen (secondary N) is 1. The van der Waals surface area contributed by atoms with E-state index in [0.29, 0.717) is 28.1 Å². The monoisotopic (exact) mass is 446 g/mol. The van der Waals surface area contributed by atoms with Crippen molar-refractivity contribution >= 4 is 32.6 Å². The largest absolute Gasteiger partial charge is 0.343 e. The normalized spacial score (nSPS) is 16.2. The Balaban J connectivity index is 1.55. The third-order valence-corrected chi connectivity index (χ3v) is 8.14. The van der Waals surface area contributed by atoms with Gasteiger partial charge in [-0.25, -0.2) is 18.4 Å². The van der Waals surface area contributed by atoms with Gasteiger partial charge in [0.15, 0.2) is 15.5 Å². The zero-order valence-electron chi connectivity index (χ0n) is 17.9. The Morgan fingerprint density at radius 3 is 2.47 bits per heavy atom. The maximum absolute atomic E-state index is 13.1. The molecule has 5 rings (SSSR count). The number of hydrogen-bond donors (Lipinski definition) is 1. The number of carbonyl (C=O) groups excluding carboxylic acids is 1. The Kier molecular flexibility index (Phi) is 4.63. The number of rotatable bonds is 4. The van der Waals surface area contributed by atoms with Crippen molar-refractivity contribution in [3.8, 4) is 11.3 Å². The van der Waals surface area contributed by atoms with Crippen LogP contribution in [-0.2, 0) is 9.84 Å². The number of H-pyrrole nitrogens is 1. The zero-order valence-corrected chi connectivity index (χ0v) is 18.7. The molecule has 4 aromatic rings. The molecule has 0 saturated heterocycles. The Bertz CT molecular complexity index is 1460. The van der Waals surface area contributed by atoms with E-state index in [4.69, 9.17) is 4.98 Å². The lowest BCUT2D eigenvalue weighted by Gasteiger charge is -2.20. The number of aromatic nitrogens is 3. The first-order chi connectivity index (χ1) is 15.3.